The number of amides is 4. The molecule has 2 saturated heterocycles. The number of nitrogens with one attached hydrogen (secondary N) is 3. The van der Waals surface area contributed by atoms with Crippen LogP contribution in [0.25, 0.3) is 0 Å². The van der Waals surface area contributed by atoms with E-state index in [1.165, 1.54) is 7.11 Å². The number of hydrogen-bond donors (Lipinski definition) is 3. The van der Waals surface area contributed by atoms with Crippen molar-refractivity contribution in [3.05, 3.63) is 0 Å². The van der Waals surface area contributed by atoms with Gasteiger partial charge in [-0.05, 0) is 71.8 Å². The summed E-state index contributed by atoms with van der Waals surface area (Å²) in [4.78, 5) is 70.1. The van der Waals surface area contributed by atoms with Gasteiger partial charge >= 0.3 is 5.97 Å². The first-order chi connectivity index (χ1) is 22.8. The smallest absolute Gasteiger partial charge is 0.325 e. The van der Waals surface area contributed by atoms with Gasteiger partial charge in [0, 0.05) is 27.8 Å². The Labute approximate surface area is 294 Å². The summed E-state index contributed by atoms with van der Waals surface area (Å²) in [6, 6.07) is -1.55. The van der Waals surface area contributed by atoms with Crippen LogP contribution >= 0.6 is 0 Å². The topological polar surface area (TPSA) is 156 Å². The molecule has 0 aromatic heterocycles. The van der Waals surface area contributed by atoms with Crippen LogP contribution in [0.2, 0.25) is 0 Å². The fourth-order valence-electron chi connectivity index (χ4n) is 7.13. The fraction of sp³-hybridized carbons (Fsp3) is 0.861. The molecule has 282 valence electrons. The van der Waals surface area contributed by atoms with Crippen molar-refractivity contribution < 1.29 is 38.2 Å². The summed E-state index contributed by atoms with van der Waals surface area (Å²) < 4.78 is 17.1. The number of likely N-dealkylation sites (N-methyl/N-ethyl adjacent to an activating group) is 1. The molecule has 4 amide bonds. The van der Waals surface area contributed by atoms with Crippen molar-refractivity contribution in [1.29, 1.82) is 0 Å². The maximum absolute atomic E-state index is 14.1. The van der Waals surface area contributed by atoms with Crippen LogP contribution in [0, 0.1) is 17.8 Å². The highest BCUT2D eigenvalue weighted by molar-refractivity contribution is 5.92. The molecule has 0 aromatic rings. The molecule has 0 bridgehead atoms. The van der Waals surface area contributed by atoms with E-state index < -0.39 is 47.3 Å². The molecule has 49 heavy (non-hydrogen) atoms. The van der Waals surface area contributed by atoms with E-state index in [1.54, 1.807) is 51.7 Å². The molecule has 8 atom stereocenters. The van der Waals surface area contributed by atoms with Crippen LogP contribution in [-0.4, -0.2) is 122 Å². The summed E-state index contributed by atoms with van der Waals surface area (Å²) in [5.74, 6) is -2.30. The Balaban J connectivity index is 2.21. The molecule has 0 radical (unpaired) electrons. The number of carbonyl (C=O) groups excluding carboxylic acids is 5. The average molecular weight is 696 g/mol. The number of esters is 1. The van der Waals surface area contributed by atoms with Gasteiger partial charge in [0.25, 0.3) is 0 Å². The molecule has 13 nitrogen and oxygen atoms in total. The number of rotatable bonds is 17. The van der Waals surface area contributed by atoms with E-state index in [-0.39, 0.29) is 54.5 Å². The number of carbonyl (C=O) groups is 5. The Hall–Kier alpha value is -2.77. The van der Waals surface area contributed by atoms with Gasteiger partial charge in [0.05, 0.1) is 42.2 Å². The summed E-state index contributed by atoms with van der Waals surface area (Å²) in [6.07, 6.45) is 2.54. The summed E-state index contributed by atoms with van der Waals surface area (Å²) >= 11 is 0. The quantitative estimate of drug-likeness (QED) is 0.195. The second kappa shape index (κ2) is 18.5. The maximum Gasteiger partial charge on any atom is 0.325 e. The van der Waals surface area contributed by atoms with E-state index in [1.807, 2.05) is 34.6 Å². The van der Waals surface area contributed by atoms with Gasteiger partial charge in [0.15, 0.2) is 0 Å². The Bertz CT molecular complexity index is 1130. The highest BCUT2D eigenvalue weighted by Gasteiger charge is 2.44. The molecular formula is C36H65N5O8. The molecule has 2 fully saturated rings. The molecule has 2 heterocycles. The van der Waals surface area contributed by atoms with Crippen LogP contribution in [0.1, 0.15) is 101 Å². The van der Waals surface area contributed by atoms with Crippen molar-refractivity contribution in [1.82, 2.24) is 25.8 Å². The van der Waals surface area contributed by atoms with Crippen LogP contribution in [0.4, 0.5) is 0 Å². The number of nitrogens with zero attached hydrogens (tertiary/aromatic N) is 2. The first-order valence-corrected chi connectivity index (χ1v) is 18.0. The van der Waals surface area contributed by atoms with Gasteiger partial charge in [0.1, 0.15) is 18.2 Å². The van der Waals surface area contributed by atoms with Gasteiger partial charge in [-0.3, -0.25) is 24.0 Å². The minimum absolute atomic E-state index is 0.0148. The van der Waals surface area contributed by atoms with Crippen molar-refractivity contribution >= 4 is 29.6 Å². The molecule has 0 spiro atoms. The van der Waals surface area contributed by atoms with Gasteiger partial charge in [-0.25, -0.2) is 0 Å². The standard InChI is InChI=1S/C36H65N5O8/c1-13-23(4)30(40(10)33(45)29(22(2)3)39-34(46)36(9)17-15-18-38-36)26(47-11)20-27(42)41-19-14-16-25(41)31(48-12)24(5)32(44)37-21-28(43)49-35(6,7)8/h22-26,29-31,38H,13-21H2,1-12H3,(H,37,44)(H,39,46). The molecule has 8 unspecified atom stereocenters. The SMILES string of the molecule is CCC(C)C(C(CC(=O)N1CCCC1C(OC)C(C)C(=O)NCC(=O)OC(C)(C)C)OC)N(C)C(=O)C(NC(=O)C1(C)CCCN1)C(C)C. The zero-order valence-corrected chi connectivity index (χ0v) is 32.1. The first kappa shape index (κ1) is 42.4. The molecule has 0 saturated carbocycles. The second-order valence-corrected chi connectivity index (χ2v) is 15.5. The normalized spacial score (nSPS) is 23.3. The van der Waals surface area contributed by atoms with Crippen molar-refractivity contribution in [2.75, 3.05) is 40.9 Å². The van der Waals surface area contributed by atoms with Gasteiger partial charge in [0.2, 0.25) is 23.6 Å². The molecule has 0 aliphatic carbocycles. The molecule has 3 N–H and O–H groups in total. The average Bonchev–Trinajstić information content (AvgIpc) is 3.71. The van der Waals surface area contributed by atoms with E-state index in [0.717, 1.165) is 25.8 Å². The summed E-state index contributed by atoms with van der Waals surface area (Å²) in [5.41, 5.74) is -1.38. The Morgan fingerprint density at radius 1 is 1.04 bits per heavy atom. The minimum Gasteiger partial charge on any atom is -0.459 e. The largest absolute Gasteiger partial charge is 0.459 e. The zero-order chi connectivity index (χ0) is 37.3. The first-order valence-electron chi connectivity index (χ1n) is 18.0. The Kier molecular flexibility index (Phi) is 16.0. The lowest BCUT2D eigenvalue weighted by molar-refractivity contribution is -0.155. The van der Waals surface area contributed by atoms with E-state index in [0.29, 0.717) is 19.4 Å². The lowest BCUT2D eigenvalue weighted by Gasteiger charge is -2.41. The Morgan fingerprint density at radius 2 is 1.69 bits per heavy atom. The monoisotopic (exact) mass is 695 g/mol. The summed E-state index contributed by atoms with van der Waals surface area (Å²) in [6.45, 7) is 17.8. The predicted molar refractivity (Wildman–Crippen MR) is 187 cm³/mol. The molecule has 2 rings (SSSR count). The number of hydrogen-bond acceptors (Lipinski definition) is 9. The fourth-order valence-corrected chi connectivity index (χ4v) is 7.13. The third-order valence-corrected chi connectivity index (χ3v) is 10.2. The minimum atomic E-state index is -0.745. The van der Waals surface area contributed by atoms with Crippen molar-refractivity contribution in [3.63, 3.8) is 0 Å². The number of ether oxygens (including phenoxy) is 3. The Morgan fingerprint density at radius 3 is 2.20 bits per heavy atom. The van der Waals surface area contributed by atoms with Crippen molar-refractivity contribution in [2.24, 2.45) is 17.8 Å². The van der Waals surface area contributed by atoms with Crippen LogP contribution in [-0.2, 0) is 38.2 Å². The van der Waals surface area contributed by atoms with Crippen LogP contribution in [0.5, 0.6) is 0 Å². The van der Waals surface area contributed by atoms with E-state index >= 15 is 0 Å². The molecular weight excluding hydrogens is 630 g/mol. The molecule has 0 aromatic carbocycles. The zero-order valence-electron chi connectivity index (χ0n) is 32.1. The van der Waals surface area contributed by atoms with E-state index in [2.05, 4.69) is 16.0 Å². The van der Waals surface area contributed by atoms with Crippen LogP contribution in [0.3, 0.4) is 0 Å². The van der Waals surface area contributed by atoms with E-state index in [9.17, 15) is 24.0 Å². The molecule has 2 aliphatic rings. The van der Waals surface area contributed by atoms with Crippen molar-refractivity contribution in [3.8, 4) is 0 Å². The molecule has 13 heteroatoms. The third kappa shape index (κ3) is 11.4. The van der Waals surface area contributed by atoms with Crippen molar-refractivity contribution in [2.45, 2.75) is 142 Å². The number of methoxy groups -OCH3 is 2. The number of likely N-dealkylation sites (tertiary alicyclic amines) is 1. The van der Waals surface area contributed by atoms with Gasteiger partial charge in [-0.1, -0.05) is 41.0 Å². The van der Waals surface area contributed by atoms with Gasteiger partial charge in [-0.15, -0.1) is 0 Å². The van der Waals surface area contributed by atoms with Gasteiger partial charge < -0.3 is 40.0 Å². The lowest BCUT2D eigenvalue weighted by atomic mass is 9.89. The van der Waals surface area contributed by atoms with Gasteiger partial charge in [-0.2, -0.15) is 0 Å². The highest BCUT2D eigenvalue weighted by Crippen LogP contribution is 2.30. The van der Waals surface area contributed by atoms with Crippen LogP contribution < -0.4 is 16.0 Å². The van der Waals surface area contributed by atoms with E-state index in [4.69, 9.17) is 14.2 Å². The molecule has 2 aliphatic heterocycles. The lowest BCUT2D eigenvalue weighted by Crippen LogP contribution is -2.61. The maximum atomic E-state index is 14.1. The summed E-state index contributed by atoms with van der Waals surface area (Å²) in [7, 11) is 4.80. The predicted octanol–water partition coefficient (Wildman–Crippen LogP) is 2.65. The van der Waals surface area contributed by atoms with Crippen LogP contribution in [0.15, 0.2) is 0 Å². The summed E-state index contributed by atoms with van der Waals surface area (Å²) in [5, 5.41) is 8.94. The second-order valence-electron chi connectivity index (χ2n) is 15.5. The third-order valence-electron chi connectivity index (χ3n) is 10.2. The highest BCUT2D eigenvalue weighted by atomic mass is 16.6.